The number of hydrogen-bond donors (Lipinski definition) is 2. The zero-order valence-electron chi connectivity index (χ0n) is 11.0. The number of methoxy groups -OCH3 is 1. The van der Waals surface area contributed by atoms with Crippen molar-refractivity contribution >= 4 is 11.9 Å². The molecule has 2 N–H and O–H groups in total. The predicted molar refractivity (Wildman–Crippen MR) is 66.7 cm³/mol. The van der Waals surface area contributed by atoms with Gasteiger partial charge in [0.2, 0.25) is 0 Å². The van der Waals surface area contributed by atoms with Gasteiger partial charge in [-0.1, -0.05) is 6.07 Å². The zero-order chi connectivity index (χ0) is 14.6. The molecule has 0 atom stereocenters. The Morgan fingerprint density at radius 3 is 2.32 bits per heavy atom. The molecule has 0 spiro atoms. The van der Waals surface area contributed by atoms with Crippen molar-refractivity contribution in [2.45, 2.75) is 25.9 Å². The number of benzene rings is 1. The van der Waals surface area contributed by atoms with E-state index in [1.807, 2.05) is 0 Å². The van der Waals surface area contributed by atoms with Crippen molar-refractivity contribution in [2.24, 2.45) is 0 Å². The molecule has 0 saturated heterocycles. The SMILES string of the molecule is COc1cc(CC(=O)O)ccc1OC(C)(C)C(=O)O. The van der Waals surface area contributed by atoms with Gasteiger partial charge in [0.1, 0.15) is 0 Å². The molecule has 0 bridgehead atoms. The summed E-state index contributed by atoms with van der Waals surface area (Å²) in [7, 11) is 1.40. The van der Waals surface area contributed by atoms with Gasteiger partial charge in [0.25, 0.3) is 0 Å². The molecule has 1 rings (SSSR count). The zero-order valence-corrected chi connectivity index (χ0v) is 11.0. The fourth-order valence-corrected chi connectivity index (χ4v) is 1.40. The number of carbonyl (C=O) groups is 2. The van der Waals surface area contributed by atoms with E-state index in [-0.39, 0.29) is 12.2 Å². The monoisotopic (exact) mass is 268 g/mol. The van der Waals surface area contributed by atoms with Gasteiger partial charge in [-0.15, -0.1) is 0 Å². The second-order valence-electron chi connectivity index (χ2n) is 4.47. The Labute approximate surface area is 110 Å². The van der Waals surface area contributed by atoms with Crippen LogP contribution in [0.3, 0.4) is 0 Å². The fraction of sp³-hybridized carbons (Fsp3) is 0.385. The summed E-state index contributed by atoms with van der Waals surface area (Å²) in [5.74, 6) is -1.51. The van der Waals surface area contributed by atoms with Gasteiger partial charge in [-0.2, -0.15) is 0 Å². The van der Waals surface area contributed by atoms with Crippen LogP contribution in [0.1, 0.15) is 19.4 Å². The molecule has 6 nitrogen and oxygen atoms in total. The van der Waals surface area contributed by atoms with Crippen LogP contribution in [0.4, 0.5) is 0 Å². The van der Waals surface area contributed by atoms with E-state index in [0.29, 0.717) is 11.3 Å². The molecule has 0 aliphatic carbocycles. The third-order valence-electron chi connectivity index (χ3n) is 2.46. The summed E-state index contributed by atoms with van der Waals surface area (Å²) in [4.78, 5) is 21.6. The Balaban J connectivity index is 3.02. The smallest absolute Gasteiger partial charge is 0.347 e. The molecule has 0 aromatic heterocycles. The number of carboxylic acid groups (broad SMARTS) is 2. The molecular formula is C13H16O6. The van der Waals surface area contributed by atoms with Crippen LogP contribution >= 0.6 is 0 Å². The van der Waals surface area contributed by atoms with Gasteiger partial charge in [-0.25, -0.2) is 4.79 Å². The van der Waals surface area contributed by atoms with Crippen molar-refractivity contribution in [1.29, 1.82) is 0 Å². The first-order valence-corrected chi connectivity index (χ1v) is 5.57. The third kappa shape index (κ3) is 3.87. The highest BCUT2D eigenvalue weighted by atomic mass is 16.5. The number of ether oxygens (including phenoxy) is 2. The predicted octanol–water partition coefficient (Wildman–Crippen LogP) is 1.56. The highest BCUT2D eigenvalue weighted by Crippen LogP contribution is 2.31. The minimum Gasteiger partial charge on any atom is -0.493 e. The molecule has 1 aromatic rings. The molecule has 19 heavy (non-hydrogen) atoms. The molecule has 0 heterocycles. The van der Waals surface area contributed by atoms with Gasteiger partial charge < -0.3 is 19.7 Å². The third-order valence-corrected chi connectivity index (χ3v) is 2.46. The topological polar surface area (TPSA) is 93.1 Å². The summed E-state index contributed by atoms with van der Waals surface area (Å²) in [6.07, 6.45) is -0.140. The van der Waals surface area contributed by atoms with Gasteiger partial charge >= 0.3 is 11.9 Å². The quantitative estimate of drug-likeness (QED) is 0.813. The maximum Gasteiger partial charge on any atom is 0.347 e. The average molecular weight is 268 g/mol. The average Bonchev–Trinajstić information content (AvgIpc) is 2.29. The van der Waals surface area contributed by atoms with Crippen molar-refractivity contribution in [3.05, 3.63) is 23.8 Å². The van der Waals surface area contributed by atoms with Crippen molar-refractivity contribution < 1.29 is 29.3 Å². The van der Waals surface area contributed by atoms with Crippen LogP contribution in [-0.2, 0) is 16.0 Å². The van der Waals surface area contributed by atoms with Crippen LogP contribution in [0.5, 0.6) is 11.5 Å². The van der Waals surface area contributed by atoms with E-state index in [2.05, 4.69) is 0 Å². The summed E-state index contributed by atoms with van der Waals surface area (Å²) < 4.78 is 10.5. The van der Waals surface area contributed by atoms with E-state index in [4.69, 9.17) is 19.7 Å². The van der Waals surface area contributed by atoms with E-state index in [1.54, 1.807) is 6.07 Å². The molecule has 0 aliphatic heterocycles. The number of carboxylic acids is 2. The molecule has 0 fully saturated rings. The first-order valence-electron chi connectivity index (χ1n) is 5.57. The molecule has 0 radical (unpaired) electrons. The Hall–Kier alpha value is -2.24. The standard InChI is InChI=1S/C13H16O6/c1-13(2,12(16)17)19-9-5-4-8(7-11(14)15)6-10(9)18-3/h4-6H,7H2,1-3H3,(H,14,15)(H,16,17). The number of rotatable bonds is 6. The summed E-state index contributed by atoms with van der Waals surface area (Å²) >= 11 is 0. The Bertz CT molecular complexity index is 492. The van der Waals surface area contributed by atoms with Crippen LogP contribution in [0.15, 0.2) is 18.2 Å². The van der Waals surface area contributed by atoms with Crippen molar-refractivity contribution in [1.82, 2.24) is 0 Å². The first-order chi connectivity index (χ1) is 8.76. The summed E-state index contributed by atoms with van der Waals surface area (Å²) in [6.45, 7) is 2.83. The second-order valence-corrected chi connectivity index (χ2v) is 4.47. The second kappa shape index (κ2) is 5.60. The molecule has 1 aromatic carbocycles. The summed E-state index contributed by atoms with van der Waals surface area (Å²) in [5, 5.41) is 17.7. The summed E-state index contributed by atoms with van der Waals surface area (Å²) in [6, 6.07) is 4.58. The minimum atomic E-state index is -1.40. The van der Waals surface area contributed by atoms with E-state index in [9.17, 15) is 9.59 Å². The lowest BCUT2D eigenvalue weighted by atomic mass is 10.1. The maximum absolute atomic E-state index is 11.0. The van der Waals surface area contributed by atoms with Gasteiger partial charge in [-0.3, -0.25) is 4.79 Å². The van der Waals surface area contributed by atoms with Crippen LogP contribution in [-0.4, -0.2) is 34.9 Å². The molecule has 0 unspecified atom stereocenters. The molecule has 0 amide bonds. The minimum absolute atomic E-state index is 0.140. The van der Waals surface area contributed by atoms with Crippen molar-refractivity contribution in [2.75, 3.05) is 7.11 Å². The van der Waals surface area contributed by atoms with E-state index < -0.39 is 17.5 Å². The molecule has 6 heteroatoms. The highest BCUT2D eigenvalue weighted by molar-refractivity contribution is 5.77. The molecule has 0 aliphatic rings. The van der Waals surface area contributed by atoms with Gasteiger partial charge in [0, 0.05) is 0 Å². The summed E-state index contributed by atoms with van der Waals surface area (Å²) in [5.41, 5.74) is -0.855. The largest absolute Gasteiger partial charge is 0.493 e. The van der Waals surface area contributed by atoms with Crippen LogP contribution < -0.4 is 9.47 Å². The van der Waals surface area contributed by atoms with Crippen molar-refractivity contribution in [3.63, 3.8) is 0 Å². The number of aliphatic carboxylic acids is 2. The van der Waals surface area contributed by atoms with Crippen LogP contribution in [0.2, 0.25) is 0 Å². The Morgan fingerprint density at radius 2 is 1.84 bits per heavy atom. The molecule has 0 saturated carbocycles. The van der Waals surface area contributed by atoms with Gasteiger partial charge in [-0.05, 0) is 31.5 Å². The number of hydrogen-bond acceptors (Lipinski definition) is 4. The first kappa shape index (κ1) is 14.8. The fourth-order valence-electron chi connectivity index (χ4n) is 1.40. The Morgan fingerprint density at radius 1 is 1.21 bits per heavy atom. The van der Waals surface area contributed by atoms with Crippen LogP contribution in [0, 0.1) is 0 Å². The Kier molecular flexibility index (Phi) is 4.37. The lowest BCUT2D eigenvalue weighted by molar-refractivity contribution is -0.152. The molecular weight excluding hydrogens is 252 g/mol. The van der Waals surface area contributed by atoms with Crippen molar-refractivity contribution in [3.8, 4) is 11.5 Å². The van der Waals surface area contributed by atoms with E-state index in [0.717, 1.165) is 0 Å². The van der Waals surface area contributed by atoms with Crippen LogP contribution in [0.25, 0.3) is 0 Å². The lowest BCUT2D eigenvalue weighted by Crippen LogP contribution is -2.38. The van der Waals surface area contributed by atoms with Gasteiger partial charge in [0.05, 0.1) is 13.5 Å². The molecule has 104 valence electrons. The van der Waals surface area contributed by atoms with Gasteiger partial charge in [0.15, 0.2) is 17.1 Å². The normalized spacial score (nSPS) is 10.9. The maximum atomic E-state index is 11.0. The van der Waals surface area contributed by atoms with E-state index >= 15 is 0 Å². The van der Waals surface area contributed by atoms with E-state index in [1.165, 1.54) is 33.1 Å². The highest BCUT2D eigenvalue weighted by Gasteiger charge is 2.30. The lowest BCUT2D eigenvalue weighted by Gasteiger charge is -2.23.